The van der Waals surface area contributed by atoms with Gasteiger partial charge in [0.25, 0.3) is 0 Å². The third-order valence-corrected chi connectivity index (χ3v) is 3.73. The quantitative estimate of drug-likeness (QED) is 0.320. The van der Waals surface area contributed by atoms with Crippen molar-refractivity contribution in [2.24, 2.45) is 0 Å². The van der Waals surface area contributed by atoms with Crippen LogP contribution < -0.4 is 0 Å². The Balaban J connectivity index is 3.51. The zero-order valence-corrected chi connectivity index (χ0v) is 14.4. The monoisotopic (exact) mass is 310 g/mol. The predicted molar refractivity (Wildman–Crippen MR) is 93.2 cm³/mol. The molecule has 0 spiro atoms. The molecule has 0 aliphatic heterocycles. The standard InChI is InChI=1S/C19H34O3/c1-3-4-12-15-18(22-2)16-13-10-8-6-5-7-9-11-14-17-19(20)21/h8,10,13,16,18H,3-7,9,11-12,14-15,17H2,1-2H3,(H,20,21)/b10-8-,16-13+. The molecule has 0 rings (SSSR count). The fourth-order valence-electron chi connectivity index (χ4n) is 2.32. The van der Waals surface area contributed by atoms with E-state index in [1.807, 2.05) is 0 Å². The van der Waals surface area contributed by atoms with E-state index in [0.29, 0.717) is 6.42 Å². The summed E-state index contributed by atoms with van der Waals surface area (Å²) < 4.78 is 5.43. The van der Waals surface area contributed by atoms with Gasteiger partial charge in [-0.25, -0.2) is 0 Å². The van der Waals surface area contributed by atoms with Gasteiger partial charge in [0.2, 0.25) is 0 Å². The molecule has 0 amide bonds. The Bertz CT molecular complexity index is 308. The topological polar surface area (TPSA) is 46.5 Å². The van der Waals surface area contributed by atoms with Gasteiger partial charge in [0.05, 0.1) is 6.10 Å². The van der Waals surface area contributed by atoms with Crippen LogP contribution in [-0.2, 0) is 9.53 Å². The first-order valence-electron chi connectivity index (χ1n) is 8.78. The van der Waals surface area contributed by atoms with E-state index in [1.54, 1.807) is 7.11 Å². The van der Waals surface area contributed by atoms with Crippen molar-refractivity contribution in [2.45, 2.75) is 83.7 Å². The van der Waals surface area contributed by atoms with Gasteiger partial charge >= 0.3 is 5.97 Å². The third kappa shape index (κ3) is 15.3. The minimum Gasteiger partial charge on any atom is -0.481 e. The molecular formula is C19H34O3. The van der Waals surface area contributed by atoms with Crippen LogP contribution in [0.2, 0.25) is 0 Å². The lowest BCUT2D eigenvalue weighted by Crippen LogP contribution is -2.05. The second-order valence-corrected chi connectivity index (χ2v) is 5.78. The van der Waals surface area contributed by atoms with E-state index in [9.17, 15) is 4.79 Å². The highest BCUT2D eigenvalue weighted by Crippen LogP contribution is 2.09. The van der Waals surface area contributed by atoms with Crippen molar-refractivity contribution in [1.29, 1.82) is 0 Å². The average molecular weight is 310 g/mol. The largest absolute Gasteiger partial charge is 0.481 e. The van der Waals surface area contributed by atoms with E-state index >= 15 is 0 Å². The molecule has 1 atom stereocenters. The number of aliphatic carboxylic acids is 1. The van der Waals surface area contributed by atoms with Crippen molar-refractivity contribution >= 4 is 5.97 Å². The number of carboxylic acids is 1. The van der Waals surface area contributed by atoms with Crippen LogP contribution in [0.15, 0.2) is 24.3 Å². The molecule has 0 aliphatic rings. The zero-order chi connectivity index (χ0) is 16.5. The molecule has 1 unspecified atom stereocenters. The van der Waals surface area contributed by atoms with Crippen LogP contribution in [0.1, 0.15) is 77.6 Å². The maximum atomic E-state index is 10.4. The fourth-order valence-corrected chi connectivity index (χ4v) is 2.32. The summed E-state index contributed by atoms with van der Waals surface area (Å²) in [5.74, 6) is -0.682. The Morgan fingerprint density at radius 1 is 1.05 bits per heavy atom. The van der Waals surface area contributed by atoms with Crippen molar-refractivity contribution in [3.63, 3.8) is 0 Å². The average Bonchev–Trinajstić information content (AvgIpc) is 2.50. The molecule has 0 radical (unpaired) electrons. The lowest BCUT2D eigenvalue weighted by Gasteiger charge is -2.09. The maximum Gasteiger partial charge on any atom is 0.303 e. The van der Waals surface area contributed by atoms with Crippen LogP contribution in [0.3, 0.4) is 0 Å². The number of allylic oxidation sites excluding steroid dienone is 3. The molecule has 0 fully saturated rings. The van der Waals surface area contributed by atoms with E-state index in [4.69, 9.17) is 9.84 Å². The van der Waals surface area contributed by atoms with Gasteiger partial charge in [-0.05, 0) is 25.7 Å². The summed E-state index contributed by atoms with van der Waals surface area (Å²) >= 11 is 0. The molecule has 0 saturated heterocycles. The molecule has 0 bridgehead atoms. The molecule has 0 aromatic rings. The minimum absolute atomic E-state index is 0.241. The van der Waals surface area contributed by atoms with E-state index in [2.05, 4.69) is 31.2 Å². The molecule has 0 aliphatic carbocycles. The molecule has 22 heavy (non-hydrogen) atoms. The van der Waals surface area contributed by atoms with Crippen LogP contribution in [0.25, 0.3) is 0 Å². The van der Waals surface area contributed by atoms with Crippen molar-refractivity contribution in [3.8, 4) is 0 Å². The van der Waals surface area contributed by atoms with Gasteiger partial charge in [-0.3, -0.25) is 4.79 Å². The summed E-state index contributed by atoms with van der Waals surface area (Å²) in [4.78, 5) is 10.4. The fraction of sp³-hybridized carbons (Fsp3) is 0.737. The molecule has 0 saturated carbocycles. The summed E-state index contributed by atoms with van der Waals surface area (Å²) in [5, 5.41) is 8.53. The Morgan fingerprint density at radius 3 is 2.45 bits per heavy atom. The molecular weight excluding hydrogens is 276 g/mol. The smallest absolute Gasteiger partial charge is 0.303 e. The number of methoxy groups -OCH3 is 1. The molecule has 128 valence electrons. The molecule has 3 heteroatoms. The van der Waals surface area contributed by atoms with Crippen molar-refractivity contribution in [3.05, 3.63) is 24.3 Å². The molecule has 1 N–H and O–H groups in total. The molecule has 0 heterocycles. The van der Waals surface area contributed by atoms with Crippen molar-refractivity contribution < 1.29 is 14.6 Å². The van der Waals surface area contributed by atoms with E-state index in [-0.39, 0.29) is 6.10 Å². The van der Waals surface area contributed by atoms with Gasteiger partial charge in [0.1, 0.15) is 0 Å². The number of unbranched alkanes of at least 4 members (excludes halogenated alkanes) is 7. The highest BCUT2D eigenvalue weighted by molar-refractivity contribution is 5.66. The second kappa shape index (κ2) is 16.3. The lowest BCUT2D eigenvalue weighted by atomic mass is 10.1. The van der Waals surface area contributed by atoms with Gasteiger partial charge in [0, 0.05) is 13.5 Å². The third-order valence-electron chi connectivity index (χ3n) is 3.73. The summed E-state index contributed by atoms with van der Waals surface area (Å²) in [6.07, 6.45) is 20.4. The number of hydrogen-bond donors (Lipinski definition) is 1. The Labute approximate surface area is 136 Å². The summed E-state index contributed by atoms with van der Waals surface area (Å²) in [6, 6.07) is 0. The highest BCUT2D eigenvalue weighted by Gasteiger charge is 2.00. The van der Waals surface area contributed by atoms with Gasteiger partial charge in [-0.15, -0.1) is 0 Å². The molecule has 0 aromatic heterocycles. The maximum absolute atomic E-state index is 10.4. The minimum atomic E-state index is -0.682. The molecule has 3 nitrogen and oxygen atoms in total. The highest BCUT2D eigenvalue weighted by atomic mass is 16.5. The number of ether oxygens (including phenoxy) is 1. The first kappa shape index (κ1) is 20.9. The zero-order valence-electron chi connectivity index (χ0n) is 14.4. The van der Waals surface area contributed by atoms with Crippen LogP contribution in [0.4, 0.5) is 0 Å². The van der Waals surface area contributed by atoms with Crippen LogP contribution in [0.5, 0.6) is 0 Å². The summed E-state index contributed by atoms with van der Waals surface area (Å²) in [5.41, 5.74) is 0. The first-order valence-corrected chi connectivity index (χ1v) is 8.78. The van der Waals surface area contributed by atoms with Crippen LogP contribution in [-0.4, -0.2) is 24.3 Å². The van der Waals surface area contributed by atoms with Crippen LogP contribution >= 0.6 is 0 Å². The van der Waals surface area contributed by atoms with Crippen molar-refractivity contribution in [2.75, 3.05) is 7.11 Å². The van der Waals surface area contributed by atoms with Crippen LogP contribution in [0, 0.1) is 0 Å². The number of rotatable bonds is 15. The number of hydrogen-bond acceptors (Lipinski definition) is 2. The van der Waals surface area contributed by atoms with E-state index in [1.165, 1.54) is 32.1 Å². The number of carboxylic acid groups (broad SMARTS) is 1. The van der Waals surface area contributed by atoms with E-state index < -0.39 is 5.97 Å². The van der Waals surface area contributed by atoms with E-state index in [0.717, 1.165) is 32.1 Å². The predicted octanol–water partition coefficient (Wildman–Crippen LogP) is 5.51. The Hall–Kier alpha value is -1.09. The molecule has 0 aromatic carbocycles. The van der Waals surface area contributed by atoms with Crippen molar-refractivity contribution in [1.82, 2.24) is 0 Å². The number of carbonyl (C=O) groups is 1. The SMILES string of the molecule is CCCCCC(/C=C/C=C\CCCCCCCC(=O)O)OC. The van der Waals surface area contributed by atoms with Gasteiger partial charge in [0.15, 0.2) is 0 Å². The lowest BCUT2D eigenvalue weighted by molar-refractivity contribution is -0.137. The second-order valence-electron chi connectivity index (χ2n) is 5.78. The normalized spacial score (nSPS) is 13.2. The summed E-state index contributed by atoms with van der Waals surface area (Å²) in [6.45, 7) is 2.21. The van der Waals surface area contributed by atoms with Gasteiger partial charge in [-0.1, -0.05) is 69.8 Å². The van der Waals surface area contributed by atoms with Gasteiger partial charge < -0.3 is 9.84 Å². The van der Waals surface area contributed by atoms with Gasteiger partial charge in [-0.2, -0.15) is 0 Å². The Kier molecular flexibility index (Phi) is 15.5. The summed E-state index contributed by atoms with van der Waals surface area (Å²) in [7, 11) is 1.77. The first-order chi connectivity index (χ1) is 10.7. The Morgan fingerprint density at radius 2 is 1.77 bits per heavy atom.